The van der Waals surface area contributed by atoms with Crippen molar-refractivity contribution < 1.29 is 13.2 Å². The lowest BCUT2D eigenvalue weighted by Gasteiger charge is -2.29. The van der Waals surface area contributed by atoms with Crippen molar-refractivity contribution in [2.75, 3.05) is 13.1 Å². The van der Waals surface area contributed by atoms with Crippen LogP contribution in [0, 0.1) is 5.92 Å². The summed E-state index contributed by atoms with van der Waals surface area (Å²) < 4.78 is 30.9. The summed E-state index contributed by atoms with van der Waals surface area (Å²) in [4.78, 5) is 18.0. The molecule has 158 valence electrons. The molecule has 0 spiro atoms. The zero-order chi connectivity index (χ0) is 21.5. The Bertz CT molecular complexity index is 1270. The van der Waals surface area contributed by atoms with Crippen LogP contribution < -0.4 is 4.80 Å². The Morgan fingerprint density at radius 2 is 1.83 bits per heavy atom. The highest BCUT2D eigenvalue weighted by atomic mass is 79.9. The van der Waals surface area contributed by atoms with Crippen LogP contribution in [-0.4, -0.2) is 36.3 Å². The van der Waals surface area contributed by atoms with Crippen molar-refractivity contribution in [3.05, 3.63) is 56.8 Å². The molecule has 6 nitrogen and oxygen atoms in total. The number of hydrogen-bond donors (Lipinski definition) is 0. The van der Waals surface area contributed by atoms with Gasteiger partial charge in [-0.3, -0.25) is 4.79 Å². The van der Waals surface area contributed by atoms with E-state index in [0.717, 1.165) is 14.7 Å². The molecule has 4 rings (SSSR count). The summed E-state index contributed by atoms with van der Waals surface area (Å²) in [5, 5.41) is 0.487. The number of carbonyl (C=O) groups is 1. The predicted molar refractivity (Wildman–Crippen MR) is 122 cm³/mol. The van der Waals surface area contributed by atoms with Gasteiger partial charge in [-0.05, 0) is 65.2 Å². The predicted octanol–water partition coefficient (Wildman–Crippen LogP) is 4.18. The fourth-order valence-corrected chi connectivity index (χ4v) is 6.96. The van der Waals surface area contributed by atoms with E-state index in [-0.39, 0.29) is 16.7 Å². The van der Waals surface area contributed by atoms with Crippen molar-refractivity contribution in [1.29, 1.82) is 0 Å². The van der Waals surface area contributed by atoms with Crippen molar-refractivity contribution in [2.24, 2.45) is 18.0 Å². The second kappa shape index (κ2) is 8.55. The van der Waals surface area contributed by atoms with Crippen LogP contribution in [0.1, 0.15) is 12.8 Å². The number of halogens is 2. The van der Waals surface area contributed by atoms with Gasteiger partial charge < -0.3 is 4.57 Å². The summed E-state index contributed by atoms with van der Waals surface area (Å²) in [6.07, 6.45) is 0.904. The van der Waals surface area contributed by atoms with Gasteiger partial charge in [-0.25, -0.2) is 8.42 Å². The molecule has 0 aliphatic carbocycles. The van der Waals surface area contributed by atoms with Gasteiger partial charge in [0.2, 0.25) is 10.0 Å². The fourth-order valence-electron chi connectivity index (χ4n) is 3.55. The SMILES string of the molecule is Cn1c(=NC(=O)C2CCN(S(=O)(=O)c3ccc(Cl)cc3)CC2)sc2cccc(Br)c21. The van der Waals surface area contributed by atoms with E-state index in [1.54, 1.807) is 12.1 Å². The molecule has 0 unspecified atom stereocenters. The third-order valence-electron chi connectivity index (χ3n) is 5.23. The third kappa shape index (κ3) is 4.13. The Labute approximate surface area is 192 Å². The van der Waals surface area contributed by atoms with Crippen molar-refractivity contribution in [3.63, 3.8) is 0 Å². The van der Waals surface area contributed by atoms with Crippen LogP contribution in [0.5, 0.6) is 0 Å². The highest BCUT2D eigenvalue weighted by Gasteiger charge is 2.32. The number of benzene rings is 2. The molecule has 1 fully saturated rings. The van der Waals surface area contributed by atoms with Crippen molar-refractivity contribution in [3.8, 4) is 0 Å². The first-order chi connectivity index (χ1) is 14.3. The average molecular weight is 529 g/mol. The van der Waals surface area contributed by atoms with E-state index >= 15 is 0 Å². The van der Waals surface area contributed by atoms with E-state index in [1.807, 2.05) is 29.8 Å². The normalized spacial score (nSPS) is 17.0. The number of para-hydroxylation sites is 1. The highest BCUT2D eigenvalue weighted by Crippen LogP contribution is 2.27. The summed E-state index contributed by atoms with van der Waals surface area (Å²) in [5.74, 6) is -0.479. The summed E-state index contributed by atoms with van der Waals surface area (Å²) >= 11 is 10.9. The zero-order valence-electron chi connectivity index (χ0n) is 16.1. The number of nitrogens with zero attached hydrogens (tertiary/aromatic N) is 3. The van der Waals surface area contributed by atoms with Crippen LogP contribution in [0.2, 0.25) is 5.02 Å². The van der Waals surface area contributed by atoms with E-state index in [2.05, 4.69) is 20.9 Å². The first-order valence-corrected chi connectivity index (χ1v) is 12.8. The van der Waals surface area contributed by atoms with E-state index < -0.39 is 10.0 Å². The Morgan fingerprint density at radius 3 is 2.47 bits per heavy atom. The summed E-state index contributed by atoms with van der Waals surface area (Å²) in [6, 6.07) is 12.0. The molecule has 10 heteroatoms. The maximum absolute atomic E-state index is 12.8. The molecule has 0 atom stereocenters. The molecular formula is C20H19BrClN3O3S2. The van der Waals surface area contributed by atoms with Crippen molar-refractivity contribution in [2.45, 2.75) is 17.7 Å². The van der Waals surface area contributed by atoms with Crippen LogP contribution in [0.15, 0.2) is 56.8 Å². The molecule has 0 N–H and O–H groups in total. The number of amides is 1. The van der Waals surface area contributed by atoms with Gasteiger partial charge in [-0.1, -0.05) is 29.0 Å². The molecule has 1 amide bonds. The third-order valence-corrected chi connectivity index (χ3v) is 9.14. The Kier molecular flexibility index (Phi) is 6.18. The molecule has 1 saturated heterocycles. The van der Waals surface area contributed by atoms with Crippen molar-refractivity contribution in [1.82, 2.24) is 8.87 Å². The largest absolute Gasteiger partial charge is 0.318 e. The van der Waals surface area contributed by atoms with Gasteiger partial charge in [0.25, 0.3) is 5.91 Å². The number of piperidine rings is 1. The second-order valence-electron chi connectivity index (χ2n) is 7.11. The first-order valence-electron chi connectivity index (χ1n) is 9.36. The molecule has 3 aromatic rings. The molecule has 0 radical (unpaired) electrons. The zero-order valence-corrected chi connectivity index (χ0v) is 20.1. The number of aryl methyl sites for hydroxylation is 1. The van der Waals surface area contributed by atoms with Crippen LogP contribution >= 0.6 is 38.9 Å². The van der Waals surface area contributed by atoms with Gasteiger partial charge in [0, 0.05) is 35.6 Å². The Morgan fingerprint density at radius 1 is 1.17 bits per heavy atom. The number of aromatic nitrogens is 1. The molecule has 0 bridgehead atoms. The molecule has 0 saturated carbocycles. The summed E-state index contributed by atoms with van der Waals surface area (Å²) in [6.45, 7) is 0.585. The lowest BCUT2D eigenvalue weighted by atomic mass is 9.98. The quantitative estimate of drug-likeness (QED) is 0.512. The minimum atomic E-state index is -3.59. The first kappa shape index (κ1) is 21.7. The van der Waals surface area contributed by atoms with Gasteiger partial charge in [0.05, 0.1) is 15.1 Å². The molecular weight excluding hydrogens is 510 g/mol. The second-order valence-corrected chi connectivity index (χ2v) is 11.4. The van der Waals surface area contributed by atoms with Gasteiger partial charge >= 0.3 is 0 Å². The molecule has 2 heterocycles. The van der Waals surface area contributed by atoms with Gasteiger partial charge in [0.1, 0.15) is 0 Å². The van der Waals surface area contributed by atoms with Crippen LogP contribution in [0.4, 0.5) is 0 Å². The number of hydrogen-bond acceptors (Lipinski definition) is 4. The maximum Gasteiger partial charge on any atom is 0.251 e. The van der Waals surface area contributed by atoms with E-state index in [4.69, 9.17) is 11.6 Å². The van der Waals surface area contributed by atoms with Crippen molar-refractivity contribution >= 4 is 65.0 Å². The topological polar surface area (TPSA) is 71.7 Å². The molecule has 2 aromatic carbocycles. The Hall–Kier alpha value is -1.52. The van der Waals surface area contributed by atoms with Crippen LogP contribution in [-0.2, 0) is 21.9 Å². The van der Waals surface area contributed by atoms with Gasteiger partial charge in [-0.15, -0.1) is 0 Å². The Balaban J connectivity index is 1.50. The van der Waals surface area contributed by atoms with E-state index in [0.29, 0.717) is 35.8 Å². The fraction of sp³-hybridized carbons (Fsp3) is 0.300. The highest BCUT2D eigenvalue weighted by molar-refractivity contribution is 9.10. The number of carbonyl (C=O) groups excluding carboxylic acids is 1. The number of sulfonamides is 1. The smallest absolute Gasteiger partial charge is 0.251 e. The molecule has 1 aliphatic rings. The lowest BCUT2D eigenvalue weighted by molar-refractivity contribution is -0.122. The summed E-state index contributed by atoms with van der Waals surface area (Å²) in [5.41, 5.74) is 0.998. The maximum atomic E-state index is 12.8. The van der Waals surface area contributed by atoms with E-state index in [9.17, 15) is 13.2 Å². The number of thiazole rings is 1. The number of rotatable bonds is 3. The molecule has 1 aliphatic heterocycles. The minimum absolute atomic E-state index is 0.197. The lowest BCUT2D eigenvalue weighted by Crippen LogP contribution is -2.40. The monoisotopic (exact) mass is 527 g/mol. The van der Waals surface area contributed by atoms with Gasteiger partial charge in [0.15, 0.2) is 4.80 Å². The minimum Gasteiger partial charge on any atom is -0.318 e. The van der Waals surface area contributed by atoms with Crippen LogP contribution in [0.25, 0.3) is 10.2 Å². The van der Waals surface area contributed by atoms with Crippen LogP contribution in [0.3, 0.4) is 0 Å². The van der Waals surface area contributed by atoms with Gasteiger partial charge in [-0.2, -0.15) is 9.30 Å². The number of fused-ring (bicyclic) bond motifs is 1. The standard InChI is InChI=1S/C20H19BrClN3O3S2/c1-24-18-16(21)3-2-4-17(18)29-20(24)23-19(26)13-9-11-25(12-10-13)30(27,28)15-7-5-14(22)6-8-15/h2-8,13H,9-12H2,1H3. The molecule has 30 heavy (non-hydrogen) atoms. The summed E-state index contributed by atoms with van der Waals surface area (Å²) in [7, 11) is -1.70. The van der Waals surface area contributed by atoms with E-state index in [1.165, 1.54) is 27.8 Å². The molecule has 1 aromatic heterocycles. The average Bonchev–Trinajstić information content (AvgIpc) is 3.05.